The summed E-state index contributed by atoms with van der Waals surface area (Å²) in [4.78, 5) is 0. The first kappa shape index (κ1) is 13.8. The van der Waals surface area contributed by atoms with Crippen LogP contribution in [0.5, 0.6) is 11.5 Å². The highest BCUT2D eigenvalue weighted by atomic mass is 16.3. The van der Waals surface area contributed by atoms with Gasteiger partial charge in [0.2, 0.25) is 0 Å². The van der Waals surface area contributed by atoms with Gasteiger partial charge in [-0.2, -0.15) is 0 Å². The van der Waals surface area contributed by atoms with E-state index in [9.17, 15) is 10.2 Å². The molecule has 0 amide bonds. The SMILES string of the molecule is Oc1ccc(C2CCCCC2)c(C2CCCCC2)c1O. The van der Waals surface area contributed by atoms with Crippen LogP contribution in [-0.4, -0.2) is 10.2 Å². The monoisotopic (exact) mass is 274 g/mol. The van der Waals surface area contributed by atoms with E-state index < -0.39 is 0 Å². The minimum atomic E-state index is 0.0603. The molecule has 1 aromatic rings. The summed E-state index contributed by atoms with van der Waals surface area (Å²) < 4.78 is 0. The minimum Gasteiger partial charge on any atom is -0.504 e. The molecule has 0 radical (unpaired) electrons. The lowest BCUT2D eigenvalue weighted by Gasteiger charge is -2.30. The van der Waals surface area contributed by atoms with Crippen molar-refractivity contribution >= 4 is 0 Å². The highest BCUT2D eigenvalue weighted by Gasteiger charge is 2.27. The molecule has 0 aromatic heterocycles. The van der Waals surface area contributed by atoms with Crippen LogP contribution in [0.3, 0.4) is 0 Å². The number of aromatic hydroxyl groups is 2. The van der Waals surface area contributed by atoms with Crippen LogP contribution in [0.15, 0.2) is 12.1 Å². The van der Waals surface area contributed by atoms with Crippen LogP contribution in [0.1, 0.15) is 87.2 Å². The second kappa shape index (κ2) is 6.07. The van der Waals surface area contributed by atoms with Gasteiger partial charge >= 0.3 is 0 Å². The van der Waals surface area contributed by atoms with E-state index >= 15 is 0 Å². The van der Waals surface area contributed by atoms with Crippen LogP contribution < -0.4 is 0 Å². The van der Waals surface area contributed by atoms with Crippen LogP contribution in [0.25, 0.3) is 0 Å². The number of benzene rings is 1. The van der Waals surface area contributed by atoms with E-state index in [1.165, 1.54) is 56.9 Å². The van der Waals surface area contributed by atoms with E-state index in [-0.39, 0.29) is 11.5 Å². The van der Waals surface area contributed by atoms with Crippen LogP contribution in [-0.2, 0) is 0 Å². The molecule has 0 heterocycles. The summed E-state index contributed by atoms with van der Waals surface area (Å²) in [6.07, 6.45) is 12.6. The third-order valence-electron chi connectivity index (χ3n) is 5.29. The highest BCUT2D eigenvalue weighted by molar-refractivity contribution is 5.52. The van der Waals surface area contributed by atoms with Crippen molar-refractivity contribution in [1.82, 2.24) is 0 Å². The van der Waals surface area contributed by atoms with E-state index in [1.54, 1.807) is 6.07 Å². The zero-order valence-corrected chi connectivity index (χ0v) is 12.3. The third-order valence-corrected chi connectivity index (χ3v) is 5.29. The molecule has 2 nitrogen and oxygen atoms in total. The fraction of sp³-hybridized carbons (Fsp3) is 0.667. The molecule has 110 valence electrons. The fourth-order valence-electron chi connectivity index (χ4n) is 4.20. The summed E-state index contributed by atoms with van der Waals surface area (Å²) in [6.45, 7) is 0. The second-order valence-corrected chi connectivity index (χ2v) is 6.61. The number of hydrogen-bond donors (Lipinski definition) is 2. The molecule has 0 atom stereocenters. The summed E-state index contributed by atoms with van der Waals surface area (Å²) in [5.74, 6) is 1.27. The third kappa shape index (κ3) is 2.65. The summed E-state index contributed by atoms with van der Waals surface area (Å²) in [7, 11) is 0. The average molecular weight is 274 g/mol. The predicted octanol–water partition coefficient (Wildman–Crippen LogP) is 5.19. The Labute approximate surface area is 121 Å². The van der Waals surface area contributed by atoms with Gasteiger partial charge in [0.05, 0.1) is 0 Å². The molecule has 3 rings (SSSR count). The van der Waals surface area contributed by atoms with Crippen molar-refractivity contribution in [3.63, 3.8) is 0 Å². The molecule has 1 aromatic carbocycles. The van der Waals surface area contributed by atoms with E-state index in [0.29, 0.717) is 11.8 Å². The normalized spacial score (nSPS) is 22.0. The van der Waals surface area contributed by atoms with Gasteiger partial charge in [-0.25, -0.2) is 0 Å². The topological polar surface area (TPSA) is 40.5 Å². The Hall–Kier alpha value is -1.18. The zero-order chi connectivity index (χ0) is 13.9. The number of hydrogen-bond acceptors (Lipinski definition) is 2. The lowest BCUT2D eigenvalue weighted by Crippen LogP contribution is -2.12. The van der Waals surface area contributed by atoms with Gasteiger partial charge in [0.25, 0.3) is 0 Å². The van der Waals surface area contributed by atoms with Gasteiger partial charge in [0, 0.05) is 5.56 Å². The van der Waals surface area contributed by atoms with E-state index in [2.05, 4.69) is 6.07 Å². The van der Waals surface area contributed by atoms with Gasteiger partial charge in [-0.1, -0.05) is 44.6 Å². The Bertz CT molecular complexity index is 455. The molecule has 0 unspecified atom stereocenters. The van der Waals surface area contributed by atoms with Gasteiger partial charge in [-0.05, 0) is 49.1 Å². The fourth-order valence-corrected chi connectivity index (χ4v) is 4.20. The summed E-state index contributed by atoms with van der Waals surface area (Å²) >= 11 is 0. The molecular formula is C18H26O2. The largest absolute Gasteiger partial charge is 0.504 e. The smallest absolute Gasteiger partial charge is 0.161 e. The minimum absolute atomic E-state index is 0.0603. The molecule has 2 N–H and O–H groups in total. The van der Waals surface area contributed by atoms with Gasteiger partial charge < -0.3 is 10.2 Å². The van der Waals surface area contributed by atoms with E-state index in [4.69, 9.17) is 0 Å². The Morgan fingerprint density at radius 2 is 1.25 bits per heavy atom. The zero-order valence-electron chi connectivity index (χ0n) is 12.3. The highest BCUT2D eigenvalue weighted by Crippen LogP contribution is 2.47. The maximum Gasteiger partial charge on any atom is 0.161 e. The summed E-state index contributed by atoms with van der Waals surface area (Å²) in [6, 6.07) is 3.76. The second-order valence-electron chi connectivity index (χ2n) is 6.61. The van der Waals surface area contributed by atoms with Crippen LogP contribution in [0.2, 0.25) is 0 Å². The van der Waals surface area contributed by atoms with Crippen molar-refractivity contribution in [3.8, 4) is 11.5 Å². The Morgan fingerprint density at radius 3 is 1.85 bits per heavy atom. The molecule has 2 aliphatic carbocycles. The van der Waals surface area contributed by atoms with Gasteiger partial charge in [-0.15, -0.1) is 0 Å². The van der Waals surface area contributed by atoms with Gasteiger partial charge in [-0.3, -0.25) is 0 Å². The first-order valence-corrected chi connectivity index (χ1v) is 8.32. The van der Waals surface area contributed by atoms with Crippen molar-refractivity contribution in [2.75, 3.05) is 0 Å². The molecular weight excluding hydrogens is 248 g/mol. The molecule has 20 heavy (non-hydrogen) atoms. The van der Waals surface area contributed by atoms with Crippen LogP contribution in [0, 0.1) is 0 Å². The van der Waals surface area contributed by atoms with Crippen LogP contribution in [0.4, 0.5) is 0 Å². The van der Waals surface area contributed by atoms with Gasteiger partial charge in [0.1, 0.15) is 0 Å². The Kier molecular flexibility index (Phi) is 4.18. The van der Waals surface area contributed by atoms with E-state index in [0.717, 1.165) is 18.4 Å². The van der Waals surface area contributed by atoms with E-state index in [1.807, 2.05) is 0 Å². The lowest BCUT2D eigenvalue weighted by atomic mass is 9.75. The molecule has 0 aliphatic heterocycles. The quantitative estimate of drug-likeness (QED) is 0.728. The maximum atomic E-state index is 10.4. The molecule has 2 aliphatic rings. The van der Waals surface area contributed by atoms with Crippen molar-refractivity contribution in [2.24, 2.45) is 0 Å². The van der Waals surface area contributed by atoms with Crippen molar-refractivity contribution in [3.05, 3.63) is 23.3 Å². The Balaban J connectivity index is 1.97. The van der Waals surface area contributed by atoms with Crippen molar-refractivity contribution < 1.29 is 10.2 Å². The number of phenolic OH excluding ortho intramolecular Hbond substituents is 2. The molecule has 0 saturated heterocycles. The first-order chi connectivity index (χ1) is 9.77. The standard InChI is InChI=1S/C18H26O2/c19-16-12-11-15(13-7-3-1-4-8-13)17(18(16)20)14-9-5-2-6-10-14/h11-14,19-20H,1-10H2. The molecule has 0 bridgehead atoms. The lowest BCUT2D eigenvalue weighted by molar-refractivity contribution is 0.372. The maximum absolute atomic E-state index is 10.4. The van der Waals surface area contributed by atoms with Gasteiger partial charge in [0.15, 0.2) is 11.5 Å². The molecule has 0 spiro atoms. The average Bonchev–Trinajstić information content (AvgIpc) is 2.51. The summed E-state index contributed by atoms with van der Waals surface area (Å²) in [5.41, 5.74) is 2.41. The van der Waals surface area contributed by atoms with Crippen LogP contribution >= 0.6 is 0 Å². The number of phenols is 2. The number of rotatable bonds is 2. The molecule has 2 heteroatoms. The molecule has 2 fully saturated rings. The molecule has 2 saturated carbocycles. The summed E-state index contributed by atoms with van der Waals surface area (Å²) in [5, 5.41) is 20.3. The van der Waals surface area contributed by atoms with Crippen molar-refractivity contribution in [1.29, 1.82) is 0 Å². The predicted molar refractivity (Wildman–Crippen MR) is 81.4 cm³/mol. The first-order valence-electron chi connectivity index (χ1n) is 8.32. The Morgan fingerprint density at radius 1 is 0.700 bits per heavy atom. The van der Waals surface area contributed by atoms with Crippen molar-refractivity contribution in [2.45, 2.75) is 76.0 Å².